The third-order valence-corrected chi connectivity index (χ3v) is 7.17. The highest BCUT2D eigenvalue weighted by Gasteiger charge is 2.50. The largest absolute Gasteiger partial charge is 0.342 e. The van der Waals surface area contributed by atoms with Crippen LogP contribution in [0.5, 0.6) is 0 Å². The van der Waals surface area contributed by atoms with Crippen LogP contribution >= 0.6 is 0 Å². The predicted octanol–water partition coefficient (Wildman–Crippen LogP) is 3.18. The molecule has 4 heterocycles. The molecule has 0 N–H and O–H groups in total. The van der Waals surface area contributed by atoms with E-state index in [2.05, 4.69) is 22.0 Å². The summed E-state index contributed by atoms with van der Waals surface area (Å²) in [5.74, 6) is 0.186. The molecule has 3 saturated heterocycles. The number of hydrogen-bond donors (Lipinski definition) is 0. The van der Waals surface area contributed by atoms with Crippen molar-refractivity contribution in [3.05, 3.63) is 65.5 Å². The fourth-order valence-corrected chi connectivity index (χ4v) is 5.78. The Bertz CT molecular complexity index is 973. The number of rotatable bonds is 4. The Kier molecular flexibility index (Phi) is 5.96. The third-order valence-electron chi connectivity index (χ3n) is 7.17. The molecule has 3 aliphatic rings. The van der Waals surface area contributed by atoms with E-state index in [1.807, 2.05) is 53.1 Å². The molecule has 2 aromatic rings. The van der Waals surface area contributed by atoms with Gasteiger partial charge in [-0.2, -0.15) is 0 Å². The molecular formula is C26H32N4O2. The van der Waals surface area contributed by atoms with Crippen molar-refractivity contribution >= 4 is 11.8 Å². The average molecular weight is 433 g/mol. The lowest BCUT2D eigenvalue weighted by molar-refractivity contribution is -0.142. The summed E-state index contributed by atoms with van der Waals surface area (Å²) in [6.07, 6.45) is 4.10. The van der Waals surface area contributed by atoms with Gasteiger partial charge in [-0.15, -0.1) is 0 Å². The van der Waals surface area contributed by atoms with E-state index in [-0.39, 0.29) is 29.8 Å². The van der Waals surface area contributed by atoms with Crippen molar-refractivity contribution in [2.75, 3.05) is 26.2 Å². The summed E-state index contributed by atoms with van der Waals surface area (Å²) in [7, 11) is 0. The normalized spacial score (nSPS) is 26.3. The first kappa shape index (κ1) is 21.1. The highest BCUT2D eigenvalue weighted by atomic mass is 16.2. The summed E-state index contributed by atoms with van der Waals surface area (Å²) in [6, 6.07) is 16.1. The molecule has 32 heavy (non-hydrogen) atoms. The van der Waals surface area contributed by atoms with Gasteiger partial charge in [0.2, 0.25) is 11.8 Å². The molecule has 6 heteroatoms. The average Bonchev–Trinajstić information content (AvgIpc) is 3.20. The number of amides is 2. The van der Waals surface area contributed by atoms with E-state index in [0.717, 1.165) is 55.8 Å². The molecule has 0 spiro atoms. The van der Waals surface area contributed by atoms with Gasteiger partial charge in [0.25, 0.3) is 0 Å². The Morgan fingerprint density at radius 2 is 1.81 bits per heavy atom. The minimum Gasteiger partial charge on any atom is -0.342 e. The fourth-order valence-electron chi connectivity index (χ4n) is 5.78. The van der Waals surface area contributed by atoms with Crippen LogP contribution in [0.3, 0.4) is 0 Å². The van der Waals surface area contributed by atoms with Crippen LogP contribution in [0.2, 0.25) is 0 Å². The molecular weight excluding hydrogens is 400 g/mol. The first-order valence-corrected chi connectivity index (χ1v) is 11.9. The topological polar surface area (TPSA) is 56.8 Å². The summed E-state index contributed by atoms with van der Waals surface area (Å²) in [5.41, 5.74) is 3.06. The van der Waals surface area contributed by atoms with Gasteiger partial charge >= 0.3 is 0 Å². The van der Waals surface area contributed by atoms with Gasteiger partial charge in [0, 0.05) is 37.9 Å². The number of nitrogens with zero attached hydrogens (tertiary/aromatic N) is 4. The van der Waals surface area contributed by atoms with Crippen molar-refractivity contribution in [1.29, 1.82) is 0 Å². The van der Waals surface area contributed by atoms with E-state index in [1.165, 1.54) is 6.42 Å². The second-order valence-electron chi connectivity index (χ2n) is 9.48. The van der Waals surface area contributed by atoms with Gasteiger partial charge in [-0.25, -0.2) is 0 Å². The Hall–Kier alpha value is -2.73. The van der Waals surface area contributed by atoms with E-state index < -0.39 is 0 Å². The second kappa shape index (κ2) is 9.02. The molecule has 0 bridgehead atoms. The Morgan fingerprint density at radius 3 is 2.56 bits per heavy atom. The summed E-state index contributed by atoms with van der Waals surface area (Å²) in [6.45, 7) is 5.51. The van der Waals surface area contributed by atoms with Gasteiger partial charge in [0.1, 0.15) is 0 Å². The lowest BCUT2D eigenvalue weighted by Crippen LogP contribution is -2.54. The van der Waals surface area contributed by atoms with Gasteiger partial charge in [-0.1, -0.05) is 36.4 Å². The predicted molar refractivity (Wildman–Crippen MR) is 123 cm³/mol. The van der Waals surface area contributed by atoms with Crippen molar-refractivity contribution in [3.8, 4) is 0 Å². The van der Waals surface area contributed by atoms with E-state index >= 15 is 0 Å². The minimum atomic E-state index is -0.165. The standard InChI is InChI=1S/C26H32N4O2/c1-19-9-8-12-21(27-19)16-28-17-22-15-23(26(32)29-13-6-3-7-14-29)25(30(22)24(31)18-28)20-10-4-2-5-11-20/h2,4-5,8-12,22-23,25H,3,6-7,13-18H2,1H3/t22-,23-,25-/m1/s1. The van der Waals surface area contributed by atoms with Crippen LogP contribution in [0.4, 0.5) is 0 Å². The Balaban J connectivity index is 1.40. The Labute approximate surface area is 190 Å². The number of hydrogen-bond acceptors (Lipinski definition) is 4. The lowest BCUT2D eigenvalue weighted by atomic mass is 9.91. The lowest BCUT2D eigenvalue weighted by Gasteiger charge is -2.40. The zero-order valence-electron chi connectivity index (χ0n) is 18.8. The summed E-state index contributed by atoms with van der Waals surface area (Å²) in [4.78, 5) is 37.9. The monoisotopic (exact) mass is 432 g/mol. The summed E-state index contributed by atoms with van der Waals surface area (Å²) >= 11 is 0. The number of carbonyl (C=O) groups is 2. The number of likely N-dealkylation sites (tertiary alicyclic amines) is 1. The van der Waals surface area contributed by atoms with Crippen molar-refractivity contribution in [1.82, 2.24) is 19.7 Å². The molecule has 1 aromatic heterocycles. The maximum absolute atomic E-state index is 13.6. The van der Waals surface area contributed by atoms with Crippen molar-refractivity contribution in [2.45, 2.75) is 51.2 Å². The quantitative estimate of drug-likeness (QED) is 0.745. The van der Waals surface area contributed by atoms with Crippen LogP contribution in [-0.4, -0.2) is 63.7 Å². The molecule has 0 radical (unpaired) electrons. The van der Waals surface area contributed by atoms with Gasteiger partial charge in [-0.3, -0.25) is 19.5 Å². The number of fused-ring (bicyclic) bond motifs is 1. The number of piperidine rings is 1. The molecule has 3 fully saturated rings. The molecule has 3 atom stereocenters. The van der Waals surface area contributed by atoms with E-state index in [9.17, 15) is 9.59 Å². The number of carbonyl (C=O) groups excluding carboxylic acids is 2. The van der Waals surface area contributed by atoms with E-state index in [1.54, 1.807) is 0 Å². The molecule has 6 nitrogen and oxygen atoms in total. The molecule has 168 valence electrons. The fraction of sp³-hybridized carbons (Fsp3) is 0.500. The molecule has 0 unspecified atom stereocenters. The maximum Gasteiger partial charge on any atom is 0.237 e. The van der Waals surface area contributed by atoms with E-state index in [4.69, 9.17) is 0 Å². The second-order valence-corrected chi connectivity index (χ2v) is 9.48. The zero-order chi connectivity index (χ0) is 22.1. The first-order chi connectivity index (χ1) is 15.6. The van der Waals surface area contributed by atoms with Gasteiger partial charge in [0.15, 0.2) is 0 Å². The highest BCUT2D eigenvalue weighted by Crippen LogP contribution is 2.44. The maximum atomic E-state index is 13.6. The molecule has 3 aliphatic heterocycles. The number of aryl methyl sites for hydroxylation is 1. The van der Waals surface area contributed by atoms with Crippen LogP contribution in [0.1, 0.15) is 48.7 Å². The van der Waals surface area contributed by atoms with Crippen molar-refractivity contribution in [2.24, 2.45) is 5.92 Å². The smallest absolute Gasteiger partial charge is 0.237 e. The number of pyridine rings is 1. The Morgan fingerprint density at radius 1 is 1.03 bits per heavy atom. The third kappa shape index (κ3) is 4.16. The van der Waals surface area contributed by atoms with Gasteiger partial charge in [0.05, 0.1) is 24.2 Å². The molecule has 1 aromatic carbocycles. The van der Waals surface area contributed by atoms with Crippen molar-refractivity contribution < 1.29 is 9.59 Å². The van der Waals surface area contributed by atoms with Crippen LogP contribution in [0.25, 0.3) is 0 Å². The number of piperazine rings is 1. The van der Waals surface area contributed by atoms with Crippen LogP contribution in [-0.2, 0) is 16.1 Å². The van der Waals surface area contributed by atoms with Gasteiger partial charge in [-0.05, 0) is 50.3 Å². The molecule has 5 rings (SSSR count). The zero-order valence-corrected chi connectivity index (χ0v) is 18.8. The number of benzene rings is 1. The molecule has 2 amide bonds. The summed E-state index contributed by atoms with van der Waals surface area (Å²) < 4.78 is 0. The van der Waals surface area contributed by atoms with Crippen LogP contribution < -0.4 is 0 Å². The first-order valence-electron chi connectivity index (χ1n) is 11.9. The van der Waals surface area contributed by atoms with Crippen molar-refractivity contribution in [3.63, 3.8) is 0 Å². The minimum absolute atomic E-state index is 0.0602. The van der Waals surface area contributed by atoms with Gasteiger partial charge < -0.3 is 9.80 Å². The van der Waals surface area contributed by atoms with Crippen LogP contribution in [0.15, 0.2) is 48.5 Å². The van der Waals surface area contributed by atoms with E-state index in [0.29, 0.717) is 13.1 Å². The molecule has 0 saturated carbocycles. The SMILES string of the molecule is Cc1cccc(CN2CC(=O)N3[C@H](C[C@@H](C(=O)N4CCCCC4)[C@H]3c3ccccc3)C2)n1. The number of aromatic nitrogens is 1. The highest BCUT2D eigenvalue weighted by molar-refractivity contribution is 5.85. The summed E-state index contributed by atoms with van der Waals surface area (Å²) in [5, 5.41) is 0. The van der Waals surface area contributed by atoms with Crippen LogP contribution in [0, 0.1) is 12.8 Å². The molecule has 0 aliphatic carbocycles.